The van der Waals surface area contributed by atoms with Crippen LogP contribution in [0, 0.1) is 5.41 Å². The van der Waals surface area contributed by atoms with Crippen LogP contribution in [0.3, 0.4) is 0 Å². The largest absolute Gasteiger partial charge is 0.491 e. The minimum atomic E-state index is 0.169. The van der Waals surface area contributed by atoms with E-state index in [1.165, 1.54) is 5.56 Å². The lowest BCUT2D eigenvalue weighted by Gasteiger charge is -2.33. The monoisotopic (exact) mass is 302 g/mol. The van der Waals surface area contributed by atoms with Crippen LogP contribution in [0.25, 0.3) is 0 Å². The lowest BCUT2D eigenvalue weighted by molar-refractivity contribution is 0.276. The van der Waals surface area contributed by atoms with Crippen molar-refractivity contribution in [2.45, 2.75) is 58.9 Å². The maximum atomic E-state index is 5.86. The Bertz CT molecular complexity index is 523. The van der Waals surface area contributed by atoms with Crippen molar-refractivity contribution in [2.24, 2.45) is 11.1 Å². The van der Waals surface area contributed by atoms with E-state index in [1.54, 1.807) is 0 Å². The SMILES string of the molecule is CC(C)(C)CC(C)(C)c1ccc(OC[C@H]2CC=C(N)N2)cc1. The van der Waals surface area contributed by atoms with Gasteiger partial charge in [-0.15, -0.1) is 0 Å². The zero-order valence-corrected chi connectivity index (χ0v) is 14.6. The number of nitrogens with one attached hydrogen (secondary N) is 1. The standard InChI is InChI=1S/C19H30N2O/c1-18(2,3)13-19(4,5)14-6-9-16(10-7-14)22-12-15-8-11-17(20)21-15/h6-7,9-11,15,21H,8,12-13,20H2,1-5H3/t15-/m1/s1. The summed E-state index contributed by atoms with van der Waals surface area (Å²) >= 11 is 0. The van der Waals surface area contributed by atoms with Crippen LogP contribution in [0.4, 0.5) is 0 Å². The number of hydrogen-bond acceptors (Lipinski definition) is 3. The van der Waals surface area contributed by atoms with Crippen LogP contribution in [0.1, 0.15) is 53.0 Å². The van der Waals surface area contributed by atoms with Gasteiger partial charge < -0.3 is 15.8 Å². The Morgan fingerprint density at radius 1 is 1.14 bits per heavy atom. The van der Waals surface area contributed by atoms with Crippen molar-refractivity contribution < 1.29 is 4.74 Å². The minimum absolute atomic E-state index is 0.169. The number of hydrogen-bond donors (Lipinski definition) is 2. The fourth-order valence-electron chi connectivity index (χ4n) is 3.36. The number of ether oxygens (including phenoxy) is 1. The molecule has 0 saturated heterocycles. The molecule has 122 valence electrons. The van der Waals surface area contributed by atoms with Crippen molar-refractivity contribution in [2.75, 3.05) is 6.61 Å². The van der Waals surface area contributed by atoms with Gasteiger partial charge in [-0.3, -0.25) is 0 Å². The molecule has 3 N–H and O–H groups in total. The normalized spacial score (nSPS) is 18.8. The Morgan fingerprint density at radius 3 is 2.27 bits per heavy atom. The summed E-state index contributed by atoms with van der Waals surface area (Å²) in [6, 6.07) is 8.82. The molecule has 2 rings (SSSR count). The van der Waals surface area contributed by atoms with Crippen molar-refractivity contribution in [3.63, 3.8) is 0 Å². The van der Waals surface area contributed by atoms with Crippen LogP contribution in [0.5, 0.6) is 5.75 Å². The zero-order valence-electron chi connectivity index (χ0n) is 14.6. The molecule has 1 aliphatic rings. The highest BCUT2D eigenvalue weighted by Crippen LogP contribution is 2.36. The third-order valence-corrected chi connectivity index (χ3v) is 4.05. The van der Waals surface area contributed by atoms with Gasteiger partial charge in [0.2, 0.25) is 0 Å². The van der Waals surface area contributed by atoms with Gasteiger partial charge in [0, 0.05) is 0 Å². The molecular weight excluding hydrogens is 272 g/mol. The molecule has 0 radical (unpaired) electrons. The molecule has 0 aliphatic carbocycles. The van der Waals surface area contributed by atoms with E-state index in [1.807, 2.05) is 6.08 Å². The first-order valence-electron chi connectivity index (χ1n) is 8.11. The van der Waals surface area contributed by atoms with E-state index in [9.17, 15) is 0 Å². The Hall–Kier alpha value is -1.64. The van der Waals surface area contributed by atoms with Gasteiger partial charge in [-0.25, -0.2) is 0 Å². The van der Waals surface area contributed by atoms with E-state index in [2.05, 4.69) is 64.2 Å². The summed E-state index contributed by atoms with van der Waals surface area (Å²) in [5.41, 5.74) is 7.56. The van der Waals surface area contributed by atoms with E-state index >= 15 is 0 Å². The summed E-state index contributed by atoms with van der Waals surface area (Å²) in [4.78, 5) is 0. The number of benzene rings is 1. The molecule has 3 nitrogen and oxygen atoms in total. The summed E-state index contributed by atoms with van der Waals surface area (Å²) in [6.07, 6.45) is 4.09. The molecule has 0 unspecified atom stereocenters. The zero-order chi connectivity index (χ0) is 16.4. The molecule has 1 heterocycles. The second kappa shape index (κ2) is 6.23. The van der Waals surface area contributed by atoms with Gasteiger partial charge in [-0.1, -0.05) is 46.8 Å². The molecule has 0 saturated carbocycles. The van der Waals surface area contributed by atoms with Crippen molar-refractivity contribution in [3.8, 4) is 5.75 Å². The van der Waals surface area contributed by atoms with Crippen molar-refractivity contribution in [1.82, 2.24) is 5.32 Å². The molecule has 0 aromatic heterocycles. The van der Waals surface area contributed by atoms with Gasteiger partial charge in [0.1, 0.15) is 12.4 Å². The van der Waals surface area contributed by atoms with Gasteiger partial charge in [0.25, 0.3) is 0 Å². The lowest BCUT2D eigenvalue weighted by atomic mass is 9.72. The Labute approximate surface area is 134 Å². The van der Waals surface area contributed by atoms with E-state index in [4.69, 9.17) is 10.5 Å². The van der Waals surface area contributed by atoms with Crippen LogP contribution < -0.4 is 15.8 Å². The van der Waals surface area contributed by atoms with Crippen LogP contribution in [0.15, 0.2) is 36.2 Å². The van der Waals surface area contributed by atoms with Gasteiger partial charge in [-0.05, 0) is 47.4 Å². The second-order valence-corrected chi connectivity index (χ2v) is 8.19. The molecule has 0 bridgehead atoms. The van der Waals surface area contributed by atoms with E-state index < -0.39 is 0 Å². The topological polar surface area (TPSA) is 47.3 Å². The third kappa shape index (κ3) is 4.69. The maximum absolute atomic E-state index is 5.86. The predicted octanol–water partition coefficient (Wildman–Crippen LogP) is 3.94. The van der Waals surface area contributed by atoms with Crippen molar-refractivity contribution in [1.29, 1.82) is 0 Å². The number of rotatable bonds is 5. The Kier molecular flexibility index (Phi) is 4.74. The van der Waals surface area contributed by atoms with Gasteiger partial charge >= 0.3 is 0 Å². The molecular formula is C19H30N2O. The highest BCUT2D eigenvalue weighted by molar-refractivity contribution is 5.32. The van der Waals surface area contributed by atoms with E-state index in [0.29, 0.717) is 12.0 Å². The molecule has 1 atom stereocenters. The highest BCUT2D eigenvalue weighted by atomic mass is 16.5. The minimum Gasteiger partial charge on any atom is -0.491 e. The Balaban J connectivity index is 1.92. The average Bonchev–Trinajstić information content (AvgIpc) is 2.80. The smallest absolute Gasteiger partial charge is 0.119 e. The highest BCUT2D eigenvalue weighted by Gasteiger charge is 2.27. The number of nitrogens with two attached hydrogens (primary N) is 1. The molecule has 0 amide bonds. The molecule has 1 aromatic rings. The quantitative estimate of drug-likeness (QED) is 0.866. The van der Waals surface area contributed by atoms with E-state index in [0.717, 1.165) is 24.4 Å². The van der Waals surface area contributed by atoms with Crippen LogP contribution in [-0.2, 0) is 5.41 Å². The first kappa shape index (κ1) is 16.7. The first-order chi connectivity index (χ1) is 10.2. The van der Waals surface area contributed by atoms with Gasteiger partial charge in [-0.2, -0.15) is 0 Å². The predicted molar refractivity (Wildman–Crippen MR) is 92.8 cm³/mol. The molecule has 1 aromatic carbocycles. The average molecular weight is 302 g/mol. The van der Waals surface area contributed by atoms with Crippen molar-refractivity contribution in [3.05, 3.63) is 41.7 Å². The summed E-state index contributed by atoms with van der Waals surface area (Å²) in [5.74, 6) is 1.68. The van der Waals surface area contributed by atoms with Gasteiger partial charge in [0.15, 0.2) is 0 Å². The van der Waals surface area contributed by atoms with Crippen LogP contribution >= 0.6 is 0 Å². The summed E-state index contributed by atoms with van der Waals surface area (Å²) in [5, 5.41) is 3.20. The summed E-state index contributed by atoms with van der Waals surface area (Å²) in [7, 11) is 0. The molecule has 22 heavy (non-hydrogen) atoms. The summed E-state index contributed by atoms with van der Waals surface area (Å²) < 4.78 is 5.86. The molecule has 0 fully saturated rings. The Morgan fingerprint density at radius 2 is 1.77 bits per heavy atom. The fourth-order valence-corrected chi connectivity index (χ4v) is 3.36. The fraction of sp³-hybridized carbons (Fsp3) is 0.579. The molecule has 0 spiro atoms. The molecule has 3 heteroatoms. The lowest BCUT2D eigenvalue weighted by Crippen LogP contribution is -2.31. The van der Waals surface area contributed by atoms with Crippen LogP contribution in [-0.4, -0.2) is 12.6 Å². The third-order valence-electron chi connectivity index (χ3n) is 4.05. The molecule has 1 aliphatic heterocycles. The van der Waals surface area contributed by atoms with Crippen molar-refractivity contribution >= 4 is 0 Å². The summed E-state index contributed by atoms with van der Waals surface area (Å²) in [6.45, 7) is 12.1. The first-order valence-corrected chi connectivity index (χ1v) is 8.11. The maximum Gasteiger partial charge on any atom is 0.119 e. The van der Waals surface area contributed by atoms with Gasteiger partial charge in [0.05, 0.1) is 11.9 Å². The second-order valence-electron chi connectivity index (χ2n) is 8.19. The van der Waals surface area contributed by atoms with E-state index in [-0.39, 0.29) is 11.5 Å². The van der Waals surface area contributed by atoms with Crippen LogP contribution in [0.2, 0.25) is 0 Å².